The highest BCUT2D eigenvalue weighted by molar-refractivity contribution is 7.89. The van der Waals surface area contributed by atoms with Gasteiger partial charge in [-0.25, -0.2) is 17.5 Å². The van der Waals surface area contributed by atoms with Crippen molar-refractivity contribution in [3.63, 3.8) is 0 Å². The van der Waals surface area contributed by atoms with Crippen LogP contribution in [0.3, 0.4) is 0 Å². The lowest BCUT2D eigenvalue weighted by molar-refractivity contribution is 0.288. The average molecular weight is 429 g/mol. The van der Waals surface area contributed by atoms with Gasteiger partial charge in [0.15, 0.2) is 23.0 Å². The fourth-order valence-electron chi connectivity index (χ4n) is 2.62. The molecule has 0 radical (unpaired) electrons. The van der Waals surface area contributed by atoms with Crippen LogP contribution < -0.4 is 28.4 Å². The zero-order chi connectivity index (χ0) is 21.6. The van der Waals surface area contributed by atoms with E-state index < -0.39 is 20.7 Å². The SMILES string of the molecule is CCOc1c(OC)cc(CNS(=O)(=O)c2cc(OC)c(OC)cc2F)cc1OC. The third-order valence-corrected chi connectivity index (χ3v) is 5.42. The molecule has 160 valence electrons. The Balaban J connectivity index is 2.33. The minimum absolute atomic E-state index is 0.0879. The summed E-state index contributed by atoms with van der Waals surface area (Å²) in [6.07, 6.45) is 0. The monoisotopic (exact) mass is 429 g/mol. The van der Waals surface area contributed by atoms with Gasteiger partial charge in [0.25, 0.3) is 0 Å². The highest BCUT2D eigenvalue weighted by Crippen LogP contribution is 2.38. The van der Waals surface area contributed by atoms with Gasteiger partial charge in [0.1, 0.15) is 10.7 Å². The fraction of sp³-hybridized carbons (Fsp3) is 0.368. The molecule has 0 aliphatic heterocycles. The number of nitrogens with one attached hydrogen (secondary N) is 1. The van der Waals surface area contributed by atoms with Crippen molar-refractivity contribution in [1.82, 2.24) is 4.72 Å². The van der Waals surface area contributed by atoms with Crippen LogP contribution in [0.2, 0.25) is 0 Å². The van der Waals surface area contributed by atoms with Gasteiger partial charge in [0.2, 0.25) is 15.8 Å². The van der Waals surface area contributed by atoms with Crippen LogP contribution in [0, 0.1) is 5.82 Å². The Hall–Kier alpha value is -2.72. The van der Waals surface area contributed by atoms with E-state index in [1.807, 2.05) is 6.92 Å². The molecule has 0 aliphatic carbocycles. The van der Waals surface area contributed by atoms with Gasteiger partial charge in [-0.2, -0.15) is 0 Å². The molecule has 0 fully saturated rings. The molecular weight excluding hydrogens is 405 g/mol. The Kier molecular flexibility index (Phi) is 7.52. The van der Waals surface area contributed by atoms with Crippen molar-refractivity contribution in [2.24, 2.45) is 0 Å². The number of benzene rings is 2. The summed E-state index contributed by atoms with van der Waals surface area (Å²) >= 11 is 0. The van der Waals surface area contributed by atoms with E-state index in [1.54, 1.807) is 12.1 Å². The van der Waals surface area contributed by atoms with Crippen molar-refractivity contribution in [3.8, 4) is 28.7 Å². The van der Waals surface area contributed by atoms with Crippen molar-refractivity contribution < 1.29 is 36.5 Å². The van der Waals surface area contributed by atoms with Crippen molar-refractivity contribution in [3.05, 3.63) is 35.6 Å². The van der Waals surface area contributed by atoms with E-state index >= 15 is 0 Å². The number of halogens is 1. The summed E-state index contributed by atoms with van der Waals surface area (Å²) in [5, 5.41) is 0. The fourth-order valence-corrected chi connectivity index (χ4v) is 3.71. The molecule has 8 nitrogen and oxygen atoms in total. The molecule has 0 spiro atoms. The van der Waals surface area contributed by atoms with Crippen molar-refractivity contribution in [2.45, 2.75) is 18.4 Å². The van der Waals surface area contributed by atoms with E-state index in [2.05, 4.69) is 4.72 Å². The maximum absolute atomic E-state index is 14.3. The van der Waals surface area contributed by atoms with E-state index in [1.165, 1.54) is 28.4 Å². The second-order valence-electron chi connectivity index (χ2n) is 5.72. The van der Waals surface area contributed by atoms with Crippen LogP contribution in [0.1, 0.15) is 12.5 Å². The van der Waals surface area contributed by atoms with Crippen molar-refractivity contribution in [1.29, 1.82) is 0 Å². The van der Waals surface area contributed by atoms with Crippen LogP contribution in [-0.2, 0) is 16.6 Å². The molecule has 10 heteroatoms. The van der Waals surface area contributed by atoms with E-state index in [0.717, 1.165) is 12.1 Å². The molecule has 0 heterocycles. The molecule has 0 saturated carbocycles. The molecule has 2 rings (SSSR count). The molecule has 0 amide bonds. The lowest BCUT2D eigenvalue weighted by atomic mass is 10.2. The Labute approximate surface area is 169 Å². The van der Waals surface area contributed by atoms with Gasteiger partial charge in [-0.15, -0.1) is 0 Å². The van der Waals surface area contributed by atoms with Gasteiger partial charge in [-0.1, -0.05) is 0 Å². The predicted octanol–water partition coefficient (Wildman–Crippen LogP) is 2.74. The quantitative estimate of drug-likeness (QED) is 0.621. The Morgan fingerprint density at radius 1 is 0.862 bits per heavy atom. The first-order chi connectivity index (χ1) is 13.8. The number of sulfonamides is 1. The minimum Gasteiger partial charge on any atom is -0.493 e. The molecule has 2 aromatic rings. The second kappa shape index (κ2) is 9.66. The van der Waals surface area contributed by atoms with Gasteiger partial charge in [0.05, 0.1) is 35.0 Å². The lowest BCUT2D eigenvalue weighted by Gasteiger charge is -2.16. The van der Waals surface area contributed by atoms with Crippen molar-refractivity contribution >= 4 is 10.0 Å². The minimum atomic E-state index is -4.18. The summed E-state index contributed by atoms with van der Waals surface area (Å²) in [5.74, 6) is 0.408. The largest absolute Gasteiger partial charge is 0.493 e. The molecule has 0 aliphatic rings. The smallest absolute Gasteiger partial charge is 0.243 e. The van der Waals surface area contributed by atoms with Gasteiger partial charge in [-0.05, 0) is 24.6 Å². The van der Waals surface area contributed by atoms with Crippen LogP contribution in [-0.4, -0.2) is 43.5 Å². The molecule has 0 bridgehead atoms. The molecule has 0 unspecified atom stereocenters. The number of hydrogen-bond donors (Lipinski definition) is 1. The van der Waals surface area contributed by atoms with Crippen LogP contribution in [0.4, 0.5) is 4.39 Å². The third kappa shape index (κ3) is 5.01. The third-order valence-electron chi connectivity index (χ3n) is 4.00. The maximum atomic E-state index is 14.3. The highest BCUT2D eigenvalue weighted by Gasteiger charge is 2.23. The summed E-state index contributed by atoms with van der Waals surface area (Å²) in [6, 6.07) is 5.24. The molecular formula is C19H24FNO7S. The zero-order valence-electron chi connectivity index (χ0n) is 16.9. The highest BCUT2D eigenvalue weighted by atomic mass is 32.2. The summed E-state index contributed by atoms with van der Waals surface area (Å²) in [4.78, 5) is -0.556. The molecule has 0 atom stereocenters. The van der Waals surface area contributed by atoms with Gasteiger partial charge in [-0.3, -0.25) is 0 Å². The van der Waals surface area contributed by atoms with Crippen LogP contribution in [0.25, 0.3) is 0 Å². The first kappa shape index (κ1) is 22.6. The van der Waals surface area contributed by atoms with Crippen molar-refractivity contribution in [2.75, 3.05) is 35.0 Å². The van der Waals surface area contributed by atoms with Crippen LogP contribution >= 0.6 is 0 Å². The molecule has 0 aromatic heterocycles. The topological polar surface area (TPSA) is 92.3 Å². The van der Waals surface area contributed by atoms with Crippen LogP contribution in [0.15, 0.2) is 29.2 Å². The first-order valence-corrected chi connectivity index (χ1v) is 10.1. The number of hydrogen-bond acceptors (Lipinski definition) is 7. The van der Waals surface area contributed by atoms with Gasteiger partial charge >= 0.3 is 0 Å². The zero-order valence-corrected chi connectivity index (χ0v) is 17.7. The lowest BCUT2D eigenvalue weighted by Crippen LogP contribution is -2.24. The molecule has 2 aromatic carbocycles. The van der Waals surface area contributed by atoms with Gasteiger partial charge < -0.3 is 23.7 Å². The van der Waals surface area contributed by atoms with E-state index in [9.17, 15) is 12.8 Å². The number of rotatable bonds is 10. The summed E-state index contributed by atoms with van der Waals surface area (Å²) < 4.78 is 68.1. The Morgan fingerprint density at radius 3 is 1.86 bits per heavy atom. The maximum Gasteiger partial charge on any atom is 0.243 e. The number of ether oxygens (including phenoxy) is 5. The van der Waals surface area contributed by atoms with E-state index in [0.29, 0.717) is 29.4 Å². The summed E-state index contributed by atoms with van der Waals surface area (Å²) in [6.45, 7) is 2.09. The Bertz CT molecular complexity index is 938. The standard InChI is InChI=1S/C19H24FNO7S/c1-6-28-19-16(26-4)7-12(8-17(19)27-5)11-21-29(22,23)18-10-15(25-3)14(24-2)9-13(18)20/h7-10,21H,6,11H2,1-5H3. The average Bonchev–Trinajstić information content (AvgIpc) is 2.72. The summed E-state index contributed by atoms with van der Waals surface area (Å²) in [5.41, 5.74) is 0.534. The molecule has 1 N–H and O–H groups in total. The van der Waals surface area contributed by atoms with E-state index in [-0.39, 0.29) is 18.0 Å². The van der Waals surface area contributed by atoms with Gasteiger partial charge in [0, 0.05) is 18.7 Å². The second-order valence-corrected chi connectivity index (χ2v) is 7.46. The summed E-state index contributed by atoms with van der Waals surface area (Å²) in [7, 11) is 1.41. The first-order valence-electron chi connectivity index (χ1n) is 8.60. The normalized spacial score (nSPS) is 11.1. The molecule has 29 heavy (non-hydrogen) atoms. The Morgan fingerprint density at radius 2 is 1.38 bits per heavy atom. The molecule has 0 saturated heterocycles. The predicted molar refractivity (Wildman–Crippen MR) is 104 cm³/mol. The van der Waals surface area contributed by atoms with E-state index in [4.69, 9.17) is 23.7 Å². The van der Waals surface area contributed by atoms with Crippen LogP contribution in [0.5, 0.6) is 28.7 Å². The number of methoxy groups -OCH3 is 4.